The van der Waals surface area contributed by atoms with Crippen LogP contribution in [0.5, 0.6) is 0 Å². The molecule has 0 saturated heterocycles. The predicted molar refractivity (Wildman–Crippen MR) is 76.2 cm³/mol. The third-order valence-corrected chi connectivity index (χ3v) is 4.94. The maximum Gasteiger partial charge on any atom is 0.263 e. The molecule has 2 aromatic rings. The van der Waals surface area contributed by atoms with Crippen LogP contribution in [-0.4, -0.2) is 13.4 Å². The fourth-order valence-electron chi connectivity index (χ4n) is 1.47. The van der Waals surface area contributed by atoms with Gasteiger partial charge in [-0.2, -0.15) is 0 Å². The predicted octanol–water partition coefficient (Wildman–Crippen LogP) is 3.50. The summed E-state index contributed by atoms with van der Waals surface area (Å²) in [4.78, 5) is 3.81. The van der Waals surface area contributed by atoms with Gasteiger partial charge in [-0.3, -0.25) is 9.71 Å². The Morgan fingerprint density at radius 2 is 1.74 bits per heavy atom. The molecule has 0 spiro atoms. The van der Waals surface area contributed by atoms with Gasteiger partial charge in [-0.25, -0.2) is 8.42 Å². The Labute approximate surface area is 121 Å². The Kier molecular flexibility index (Phi) is 3.99. The van der Waals surface area contributed by atoms with Crippen LogP contribution >= 0.6 is 23.2 Å². The molecular formula is C12H10Cl2N2O2S. The van der Waals surface area contributed by atoms with E-state index in [4.69, 9.17) is 23.2 Å². The lowest BCUT2D eigenvalue weighted by Crippen LogP contribution is -2.13. The average Bonchev–Trinajstić information content (AvgIpc) is 2.36. The maximum atomic E-state index is 12.2. The number of benzene rings is 1. The van der Waals surface area contributed by atoms with Gasteiger partial charge in [0.05, 0.1) is 10.7 Å². The van der Waals surface area contributed by atoms with Crippen molar-refractivity contribution in [3.05, 3.63) is 52.3 Å². The molecule has 0 aliphatic rings. The molecule has 1 N–H and O–H groups in total. The van der Waals surface area contributed by atoms with Gasteiger partial charge in [-0.05, 0) is 36.8 Å². The molecule has 0 atom stereocenters. The van der Waals surface area contributed by atoms with Crippen molar-refractivity contribution in [1.82, 2.24) is 4.98 Å². The number of pyridine rings is 1. The molecule has 4 nitrogen and oxygen atoms in total. The van der Waals surface area contributed by atoms with Crippen LogP contribution in [0.15, 0.2) is 41.6 Å². The molecular weight excluding hydrogens is 307 g/mol. The first-order chi connectivity index (χ1) is 8.92. The fourth-order valence-corrected chi connectivity index (χ4v) is 3.34. The zero-order chi connectivity index (χ0) is 14.0. The van der Waals surface area contributed by atoms with Crippen LogP contribution in [0.25, 0.3) is 0 Å². The standard InChI is InChI=1S/C12H10Cl2N2O2S/c1-8-10(13)2-3-11(12(8)14)19(17,18)16-9-4-6-15-7-5-9/h2-7H,1H3,(H,15,16). The fraction of sp³-hybridized carbons (Fsp3) is 0.0833. The lowest BCUT2D eigenvalue weighted by molar-refractivity contribution is 0.601. The van der Waals surface area contributed by atoms with Crippen molar-refractivity contribution in [3.8, 4) is 0 Å². The number of nitrogens with one attached hydrogen (secondary N) is 1. The topological polar surface area (TPSA) is 59.1 Å². The lowest BCUT2D eigenvalue weighted by atomic mass is 10.2. The summed E-state index contributed by atoms with van der Waals surface area (Å²) in [6.45, 7) is 1.66. The molecule has 1 heterocycles. The van der Waals surface area contributed by atoms with Crippen LogP contribution in [0.1, 0.15) is 5.56 Å². The van der Waals surface area contributed by atoms with Gasteiger partial charge in [0.15, 0.2) is 0 Å². The van der Waals surface area contributed by atoms with Gasteiger partial charge < -0.3 is 0 Å². The highest BCUT2D eigenvalue weighted by Gasteiger charge is 2.20. The highest BCUT2D eigenvalue weighted by atomic mass is 35.5. The average molecular weight is 317 g/mol. The zero-order valence-electron chi connectivity index (χ0n) is 9.89. The summed E-state index contributed by atoms with van der Waals surface area (Å²) < 4.78 is 26.9. The Hall–Kier alpha value is -1.30. The molecule has 7 heteroatoms. The number of aromatic nitrogens is 1. The second-order valence-corrected chi connectivity index (χ2v) is 6.26. The zero-order valence-corrected chi connectivity index (χ0v) is 12.2. The van der Waals surface area contributed by atoms with E-state index in [9.17, 15) is 8.42 Å². The van der Waals surface area contributed by atoms with E-state index in [1.165, 1.54) is 24.5 Å². The summed E-state index contributed by atoms with van der Waals surface area (Å²) in [7, 11) is -3.75. The highest BCUT2D eigenvalue weighted by Crippen LogP contribution is 2.31. The Morgan fingerprint density at radius 3 is 2.37 bits per heavy atom. The van der Waals surface area contributed by atoms with E-state index < -0.39 is 10.0 Å². The second kappa shape index (κ2) is 5.36. The van der Waals surface area contributed by atoms with Gasteiger partial charge >= 0.3 is 0 Å². The van der Waals surface area contributed by atoms with Crippen LogP contribution in [0.3, 0.4) is 0 Å². The summed E-state index contributed by atoms with van der Waals surface area (Å²) in [5.41, 5.74) is 0.944. The van der Waals surface area contributed by atoms with Gasteiger partial charge in [0, 0.05) is 17.4 Å². The van der Waals surface area contributed by atoms with Gasteiger partial charge in [-0.15, -0.1) is 0 Å². The van der Waals surface area contributed by atoms with Crippen LogP contribution in [0.4, 0.5) is 5.69 Å². The van der Waals surface area contributed by atoms with Gasteiger partial charge in [0.25, 0.3) is 10.0 Å². The molecule has 0 saturated carbocycles. The van der Waals surface area contributed by atoms with Crippen molar-refractivity contribution < 1.29 is 8.42 Å². The first-order valence-corrected chi connectivity index (χ1v) is 7.53. The summed E-state index contributed by atoms with van der Waals surface area (Å²) in [5.74, 6) is 0. The van der Waals surface area contributed by atoms with Gasteiger partial charge in [-0.1, -0.05) is 23.2 Å². The molecule has 0 bridgehead atoms. The number of nitrogens with zero attached hydrogens (tertiary/aromatic N) is 1. The Morgan fingerprint density at radius 1 is 1.11 bits per heavy atom. The third-order valence-electron chi connectivity index (χ3n) is 2.51. The van der Waals surface area contributed by atoms with Gasteiger partial charge in [0.2, 0.25) is 0 Å². The van der Waals surface area contributed by atoms with Crippen molar-refractivity contribution in [3.63, 3.8) is 0 Å². The van der Waals surface area contributed by atoms with E-state index in [0.717, 1.165) is 0 Å². The SMILES string of the molecule is Cc1c(Cl)ccc(S(=O)(=O)Nc2ccncc2)c1Cl. The molecule has 2 rings (SSSR count). The van der Waals surface area contributed by atoms with Crippen molar-refractivity contribution in [2.24, 2.45) is 0 Å². The van der Waals surface area contributed by atoms with Crippen molar-refractivity contribution in [1.29, 1.82) is 0 Å². The second-order valence-electron chi connectivity index (χ2n) is 3.83. The molecule has 0 aliphatic heterocycles. The van der Waals surface area contributed by atoms with E-state index in [1.54, 1.807) is 19.1 Å². The smallest absolute Gasteiger partial charge is 0.263 e. The number of halogens is 2. The van der Waals surface area contributed by atoms with Crippen molar-refractivity contribution in [2.45, 2.75) is 11.8 Å². The first kappa shape index (κ1) is 14.1. The molecule has 0 radical (unpaired) electrons. The van der Waals surface area contributed by atoms with E-state index in [2.05, 4.69) is 9.71 Å². The summed E-state index contributed by atoms with van der Waals surface area (Å²) in [5, 5.41) is 0.543. The number of anilines is 1. The normalized spacial score (nSPS) is 11.3. The minimum atomic E-state index is -3.75. The molecule has 1 aromatic carbocycles. The molecule has 0 amide bonds. The Balaban J connectivity index is 2.44. The van der Waals surface area contributed by atoms with Crippen LogP contribution < -0.4 is 4.72 Å². The largest absolute Gasteiger partial charge is 0.279 e. The van der Waals surface area contributed by atoms with E-state index >= 15 is 0 Å². The molecule has 100 valence electrons. The van der Waals surface area contributed by atoms with Crippen molar-refractivity contribution >= 4 is 38.9 Å². The molecule has 0 aliphatic carbocycles. The van der Waals surface area contributed by atoms with Crippen LogP contribution in [-0.2, 0) is 10.0 Å². The minimum Gasteiger partial charge on any atom is -0.279 e. The first-order valence-electron chi connectivity index (χ1n) is 5.29. The molecule has 0 unspecified atom stereocenters. The van der Waals surface area contributed by atoms with Gasteiger partial charge in [0.1, 0.15) is 4.90 Å². The minimum absolute atomic E-state index is 0.00659. The summed E-state index contributed by atoms with van der Waals surface area (Å²) >= 11 is 11.9. The number of hydrogen-bond acceptors (Lipinski definition) is 3. The number of hydrogen-bond donors (Lipinski definition) is 1. The molecule has 1 aromatic heterocycles. The lowest BCUT2D eigenvalue weighted by Gasteiger charge is -2.11. The number of sulfonamides is 1. The summed E-state index contributed by atoms with van der Waals surface area (Å²) in [6, 6.07) is 5.98. The monoisotopic (exact) mass is 316 g/mol. The Bertz CT molecular complexity index is 703. The third kappa shape index (κ3) is 3.00. The molecule has 0 fully saturated rings. The quantitative estimate of drug-likeness (QED) is 0.942. The number of rotatable bonds is 3. The summed E-state index contributed by atoms with van der Waals surface area (Å²) in [6.07, 6.45) is 2.99. The van der Waals surface area contributed by atoms with E-state index in [0.29, 0.717) is 16.3 Å². The van der Waals surface area contributed by atoms with Crippen molar-refractivity contribution in [2.75, 3.05) is 4.72 Å². The van der Waals surface area contributed by atoms with E-state index in [1.807, 2.05) is 0 Å². The van der Waals surface area contributed by atoms with Crippen LogP contribution in [0, 0.1) is 6.92 Å². The maximum absolute atomic E-state index is 12.2. The van der Waals surface area contributed by atoms with E-state index in [-0.39, 0.29) is 9.92 Å². The van der Waals surface area contributed by atoms with Crippen LogP contribution in [0.2, 0.25) is 10.0 Å². The highest BCUT2D eigenvalue weighted by molar-refractivity contribution is 7.92. The molecule has 19 heavy (non-hydrogen) atoms.